The van der Waals surface area contributed by atoms with E-state index in [9.17, 15) is 4.79 Å². The Morgan fingerprint density at radius 2 is 2.21 bits per heavy atom. The average Bonchev–Trinajstić information content (AvgIpc) is 2.61. The molecule has 1 aromatic heterocycles. The first kappa shape index (κ1) is 15.4. The number of rotatable bonds is 7. The fourth-order valence-electron chi connectivity index (χ4n) is 2.16. The molecule has 1 rings (SSSR count). The highest BCUT2D eigenvalue weighted by Gasteiger charge is 2.15. The van der Waals surface area contributed by atoms with Crippen molar-refractivity contribution in [3.8, 4) is 0 Å². The lowest BCUT2D eigenvalue weighted by Gasteiger charge is -2.19. The summed E-state index contributed by atoms with van der Waals surface area (Å²) in [6, 6.07) is 0. The summed E-state index contributed by atoms with van der Waals surface area (Å²) in [4.78, 5) is 13.7. The zero-order valence-corrected chi connectivity index (χ0v) is 12.0. The molecule has 0 aliphatic heterocycles. The molecular weight excluding hydrogens is 242 g/mol. The van der Waals surface area contributed by atoms with Gasteiger partial charge in [0.05, 0.1) is 12.3 Å². The standard InChI is InChI=1S/C14H23N3O2/c1-5-8-17(9-10-18)14(19)7-6-13-11(2)15-16(4)12(13)3/h5,18H,1,6-10H2,2-4H3. The predicted octanol–water partition coefficient (Wildman–Crippen LogP) is 0.976. The van der Waals surface area contributed by atoms with Crippen LogP contribution in [0.2, 0.25) is 0 Å². The molecule has 1 amide bonds. The topological polar surface area (TPSA) is 58.4 Å². The third kappa shape index (κ3) is 3.92. The van der Waals surface area contributed by atoms with Crippen molar-refractivity contribution in [2.24, 2.45) is 7.05 Å². The molecule has 1 aromatic rings. The summed E-state index contributed by atoms with van der Waals surface area (Å²) in [6.07, 6.45) is 2.79. The summed E-state index contributed by atoms with van der Waals surface area (Å²) in [5, 5.41) is 13.3. The molecule has 0 aliphatic carbocycles. The first-order valence-electron chi connectivity index (χ1n) is 6.49. The van der Waals surface area contributed by atoms with Gasteiger partial charge in [0.2, 0.25) is 5.91 Å². The van der Waals surface area contributed by atoms with Gasteiger partial charge in [-0.1, -0.05) is 6.08 Å². The minimum atomic E-state index is -0.0233. The van der Waals surface area contributed by atoms with Crippen molar-refractivity contribution in [2.45, 2.75) is 26.7 Å². The lowest BCUT2D eigenvalue weighted by atomic mass is 10.1. The summed E-state index contributed by atoms with van der Waals surface area (Å²) >= 11 is 0. The van der Waals surface area contributed by atoms with E-state index in [0.717, 1.165) is 17.0 Å². The van der Waals surface area contributed by atoms with Crippen molar-refractivity contribution in [2.75, 3.05) is 19.7 Å². The first-order chi connectivity index (χ1) is 9.01. The van der Waals surface area contributed by atoms with Gasteiger partial charge >= 0.3 is 0 Å². The molecule has 0 radical (unpaired) electrons. The van der Waals surface area contributed by atoms with Crippen molar-refractivity contribution < 1.29 is 9.90 Å². The third-order valence-corrected chi connectivity index (χ3v) is 3.32. The average molecular weight is 265 g/mol. The lowest BCUT2D eigenvalue weighted by molar-refractivity contribution is -0.131. The van der Waals surface area contributed by atoms with Crippen LogP contribution in [-0.2, 0) is 18.3 Å². The molecule has 0 unspecified atom stereocenters. The second kappa shape index (κ2) is 7.09. The van der Waals surface area contributed by atoms with Gasteiger partial charge in [0.15, 0.2) is 0 Å². The van der Waals surface area contributed by atoms with Crippen LogP contribution in [0.15, 0.2) is 12.7 Å². The minimum absolute atomic E-state index is 0.0233. The van der Waals surface area contributed by atoms with Crippen molar-refractivity contribution >= 4 is 5.91 Å². The molecule has 19 heavy (non-hydrogen) atoms. The zero-order chi connectivity index (χ0) is 14.4. The van der Waals surface area contributed by atoms with Crippen molar-refractivity contribution in [3.05, 3.63) is 29.6 Å². The highest BCUT2D eigenvalue weighted by Crippen LogP contribution is 2.14. The number of amides is 1. The van der Waals surface area contributed by atoms with E-state index in [1.807, 2.05) is 25.6 Å². The van der Waals surface area contributed by atoms with E-state index >= 15 is 0 Å². The van der Waals surface area contributed by atoms with Gasteiger partial charge in [-0.3, -0.25) is 9.48 Å². The highest BCUT2D eigenvalue weighted by atomic mass is 16.3. The first-order valence-corrected chi connectivity index (χ1v) is 6.49. The quantitative estimate of drug-likeness (QED) is 0.748. The summed E-state index contributed by atoms with van der Waals surface area (Å²) < 4.78 is 1.84. The van der Waals surface area contributed by atoms with E-state index in [0.29, 0.717) is 25.9 Å². The number of aryl methyl sites for hydroxylation is 2. The maximum absolute atomic E-state index is 12.1. The minimum Gasteiger partial charge on any atom is -0.395 e. The largest absolute Gasteiger partial charge is 0.395 e. The SMILES string of the molecule is C=CCN(CCO)C(=O)CCc1c(C)nn(C)c1C. The molecule has 0 spiro atoms. The Bertz CT molecular complexity index is 452. The van der Waals surface area contributed by atoms with Crippen molar-refractivity contribution in [1.82, 2.24) is 14.7 Å². The highest BCUT2D eigenvalue weighted by molar-refractivity contribution is 5.76. The van der Waals surface area contributed by atoms with Crippen LogP contribution in [0.1, 0.15) is 23.4 Å². The Hall–Kier alpha value is -1.62. The van der Waals surface area contributed by atoms with Gasteiger partial charge < -0.3 is 10.0 Å². The lowest BCUT2D eigenvalue weighted by Crippen LogP contribution is -2.33. The Labute approximate surface area is 114 Å². The summed E-state index contributed by atoms with van der Waals surface area (Å²) in [5.41, 5.74) is 3.21. The number of aliphatic hydroxyl groups is 1. The Morgan fingerprint density at radius 3 is 2.68 bits per heavy atom. The van der Waals surface area contributed by atoms with Crippen LogP contribution in [0.4, 0.5) is 0 Å². The summed E-state index contributed by atoms with van der Waals surface area (Å²) in [6.45, 7) is 8.41. The van der Waals surface area contributed by atoms with E-state index < -0.39 is 0 Å². The molecule has 0 bridgehead atoms. The van der Waals surface area contributed by atoms with Gasteiger partial charge in [0, 0.05) is 32.3 Å². The predicted molar refractivity (Wildman–Crippen MR) is 74.9 cm³/mol. The fraction of sp³-hybridized carbons (Fsp3) is 0.571. The Kier molecular flexibility index (Phi) is 5.76. The van der Waals surface area contributed by atoms with Crippen molar-refractivity contribution in [3.63, 3.8) is 0 Å². The zero-order valence-electron chi connectivity index (χ0n) is 12.0. The van der Waals surface area contributed by atoms with Gasteiger partial charge in [-0.05, 0) is 25.8 Å². The number of aliphatic hydroxyl groups excluding tert-OH is 1. The van der Waals surface area contributed by atoms with E-state index in [2.05, 4.69) is 11.7 Å². The van der Waals surface area contributed by atoms with E-state index in [4.69, 9.17) is 5.11 Å². The smallest absolute Gasteiger partial charge is 0.223 e. The molecule has 5 nitrogen and oxygen atoms in total. The molecule has 106 valence electrons. The van der Waals surface area contributed by atoms with Gasteiger partial charge in [-0.15, -0.1) is 6.58 Å². The number of carbonyl (C=O) groups excluding carboxylic acids is 1. The van der Waals surface area contributed by atoms with Crippen LogP contribution in [0, 0.1) is 13.8 Å². The molecule has 0 fully saturated rings. The van der Waals surface area contributed by atoms with Gasteiger partial charge in [-0.2, -0.15) is 5.10 Å². The molecule has 1 heterocycles. The molecule has 1 N–H and O–H groups in total. The van der Waals surface area contributed by atoms with Crippen LogP contribution in [-0.4, -0.2) is 45.4 Å². The summed E-state index contributed by atoms with van der Waals surface area (Å²) in [5.74, 6) is 0.0385. The van der Waals surface area contributed by atoms with Crippen LogP contribution in [0.3, 0.4) is 0 Å². The number of carbonyl (C=O) groups is 1. The van der Waals surface area contributed by atoms with Crippen LogP contribution < -0.4 is 0 Å². The number of hydrogen-bond acceptors (Lipinski definition) is 3. The molecule has 5 heteroatoms. The Balaban J connectivity index is 2.64. The molecule has 0 saturated heterocycles. The monoisotopic (exact) mass is 265 g/mol. The fourth-order valence-corrected chi connectivity index (χ4v) is 2.16. The van der Waals surface area contributed by atoms with Crippen molar-refractivity contribution in [1.29, 1.82) is 0 Å². The number of aromatic nitrogens is 2. The van der Waals surface area contributed by atoms with Crippen LogP contribution in [0.25, 0.3) is 0 Å². The second-order valence-corrected chi connectivity index (χ2v) is 4.63. The molecular formula is C14H23N3O2. The molecule has 0 atom stereocenters. The maximum Gasteiger partial charge on any atom is 0.223 e. The third-order valence-electron chi connectivity index (χ3n) is 3.32. The molecule has 0 aromatic carbocycles. The second-order valence-electron chi connectivity index (χ2n) is 4.63. The van der Waals surface area contributed by atoms with Crippen LogP contribution >= 0.6 is 0 Å². The van der Waals surface area contributed by atoms with Crippen LogP contribution in [0.5, 0.6) is 0 Å². The van der Waals surface area contributed by atoms with E-state index in [-0.39, 0.29) is 12.5 Å². The van der Waals surface area contributed by atoms with E-state index in [1.165, 1.54) is 0 Å². The normalized spacial score (nSPS) is 10.5. The summed E-state index contributed by atoms with van der Waals surface area (Å²) in [7, 11) is 1.91. The molecule has 0 aliphatic rings. The van der Waals surface area contributed by atoms with Gasteiger partial charge in [0.1, 0.15) is 0 Å². The van der Waals surface area contributed by atoms with Gasteiger partial charge in [-0.25, -0.2) is 0 Å². The number of nitrogens with zero attached hydrogens (tertiary/aromatic N) is 3. The Morgan fingerprint density at radius 1 is 1.53 bits per heavy atom. The number of hydrogen-bond donors (Lipinski definition) is 1. The molecule has 0 saturated carbocycles. The van der Waals surface area contributed by atoms with Gasteiger partial charge in [0.25, 0.3) is 0 Å². The van der Waals surface area contributed by atoms with E-state index in [1.54, 1.807) is 11.0 Å². The maximum atomic E-state index is 12.1.